The summed E-state index contributed by atoms with van der Waals surface area (Å²) >= 11 is 6.76. The first kappa shape index (κ1) is 6.05. The minimum atomic E-state index is 0.486. The number of rotatable bonds is 2. The molecule has 1 rings (SSSR count). The van der Waals surface area contributed by atoms with Crippen LogP contribution < -0.4 is 0 Å². The Bertz CT molecular complexity index is 62.7. The summed E-state index contributed by atoms with van der Waals surface area (Å²) in [7, 11) is 0. The van der Waals surface area contributed by atoms with E-state index in [9.17, 15) is 0 Å². The average Bonchev–Trinajstić information content (AvgIpc) is 2.44. The van der Waals surface area contributed by atoms with Crippen LogP contribution in [0.25, 0.3) is 0 Å². The third-order valence-electron chi connectivity index (χ3n) is 0.910. The lowest BCUT2D eigenvalue weighted by Crippen LogP contribution is -2.06. The van der Waals surface area contributed by atoms with Gasteiger partial charge in [-0.15, -0.1) is 0 Å². The summed E-state index contributed by atoms with van der Waals surface area (Å²) in [5.41, 5.74) is 0. The number of hydrogen-bond acceptors (Lipinski definition) is 1. The molecule has 3 heteroatoms. The van der Waals surface area contributed by atoms with Crippen LogP contribution in [0.5, 0.6) is 0 Å². The second kappa shape index (κ2) is 2.46. The van der Waals surface area contributed by atoms with Gasteiger partial charge < -0.3 is 4.74 Å². The highest BCUT2D eigenvalue weighted by Gasteiger charge is 2.29. The lowest BCUT2D eigenvalue weighted by atomic mass is 10.4. The maximum Gasteiger partial charge on any atom is 0.0942 e. The molecule has 1 aliphatic rings. The van der Waals surface area contributed by atoms with Gasteiger partial charge in [-0.1, -0.05) is 31.9 Å². The van der Waals surface area contributed by atoms with Crippen molar-refractivity contribution in [1.82, 2.24) is 0 Å². The maximum absolute atomic E-state index is 4.98. The van der Waals surface area contributed by atoms with Gasteiger partial charge in [0.15, 0.2) is 0 Å². The highest BCUT2D eigenvalue weighted by Crippen LogP contribution is 2.21. The van der Waals surface area contributed by atoms with Gasteiger partial charge in [-0.3, -0.25) is 0 Å². The van der Waals surface area contributed by atoms with Gasteiger partial charge in [0.25, 0.3) is 0 Å². The third-order valence-corrected chi connectivity index (χ3v) is 3.39. The smallest absolute Gasteiger partial charge is 0.0942 e. The zero-order chi connectivity index (χ0) is 5.28. The lowest BCUT2D eigenvalue weighted by molar-refractivity contribution is 0.410. The third kappa shape index (κ3) is 1.70. The molecule has 1 aliphatic heterocycles. The highest BCUT2D eigenvalue weighted by atomic mass is 79.9. The summed E-state index contributed by atoms with van der Waals surface area (Å²) in [5.74, 6) is 0. The SMILES string of the molecule is BrCC(Br)C1CO1. The van der Waals surface area contributed by atoms with Gasteiger partial charge in [0.1, 0.15) is 0 Å². The van der Waals surface area contributed by atoms with Crippen LogP contribution in [-0.4, -0.2) is 22.9 Å². The molecule has 0 spiro atoms. The predicted molar refractivity (Wildman–Crippen MR) is 36.2 cm³/mol. The van der Waals surface area contributed by atoms with Crippen LogP contribution in [0.2, 0.25) is 0 Å². The molecular formula is C4H6Br2O. The Morgan fingerprint density at radius 1 is 1.86 bits per heavy atom. The topological polar surface area (TPSA) is 12.5 Å². The van der Waals surface area contributed by atoms with Gasteiger partial charge in [0.05, 0.1) is 17.5 Å². The number of halogens is 2. The number of ether oxygens (including phenoxy) is 1. The molecule has 7 heavy (non-hydrogen) atoms. The second-order valence-corrected chi connectivity index (χ2v) is 3.37. The molecule has 2 unspecified atom stereocenters. The van der Waals surface area contributed by atoms with E-state index in [1.807, 2.05) is 0 Å². The summed E-state index contributed by atoms with van der Waals surface area (Å²) in [5, 5.41) is 0.984. The van der Waals surface area contributed by atoms with Crippen molar-refractivity contribution in [3.8, 4) is 0 Å². The van der Waals surface area contributed by atoms with E-state index in [2.05, 4.69) is 31.9 Å². The van der Waals surface area contributed by atoms with Crippen molar-refractivity contribution < 1.29 is 4.74 Å². The van der Waals surface area contributed by atoms with Gasteiger partial charge in [-0.2, -0.15) is 0 Å². The van der Waals surface area contributed by atoms with Crippen LogP contribution in [0.15, 0.2) is 0 Å². The fourth-order valence-electron chi connectivity index (χ4n) is 0.364. The Labute approximate surface area is 59.7 Å². The van der Waals surface area contributed by atoms with E-state index >= 15 is 0 Å². The number of hydrogen-bond donors (Lipinski definition) is 0. The Hall–Kier alpha value is 0.920. The molecule has 2 atom stereocenters. The van der Waals surface area contributed by atoms with Crippen molar-refractivity contribution in [3.63, 3.8) is 0 Å². The Morgan fingerprint density at radius 3 is 2.57 bits per heavy atom. The molecule has 0 aromatic carbocycles. The number of alkyl halides is 2. The maximum atomic E-state index is 4.98. The standard InChI is InChI=1S/C4H6Br2O/c5-1-3(6)4-2-7-4/h3-4H,1-2H2. The average molecular weight is 230 g/mol. The van der Waals surface area contributed by atoms with Crippen LogP contribution in [0.1, 0.15) is 0 Å². The first-order valence-electron chi connectivity index (χ1n) is 2.16. The summed E-state index contributed by atoms with van der Waals surface area (Å²) in [6.45, 7) is 0.932. The molecule has 1 heterocycles. The molecule has 42 valence electrons. The molecule has 0 aromatic rings. The van der Waals surface area contributed by atoms with E-state index < -0.39 is 0 Å². The van der Waals surface area contributed by atoms with Gasteiger partial charge in [0.2, 0.25) is 0 Å². The van der Waals surface area contributed by atoms with Crippen molar-refractivity contribution in [2.45, 2.75) is 10.9 Å². The number of epoxide rings is 1. The molecule has 0 aromatic heterocycles. The summed E-state index contributed by atoms with van der Waals surface area (Å²) < 4.78 is 4.98. The first-order valence-corrected chi connectivity index (χ1v) is 4.20. The normalized spacial score (nSPS) is 32.6. The molecule has 0 radical (unpaired) electrons. The summed E-state index contributed by atoms with van der Waals surface area (Å²) in [4.78, 5) is 0.521. The monoisotopic (exact) mass is 228 g/mol. The molecule has 0 bridgehead atoms. The first-order chi connectivity index (χ1) is 3.34. The van der Waals surface area contributed by atoms with Crippen molar-refractivity contribution >= 4 is 31.9 Å². The molecule has 1 nitrogen and oxygen atoms in total. The van der Waals surface area contributed by atoms with Crippen LogP contribution >= 0.6 is 31.9 Å². The van der Waals surface area contributed by atoms with Crippen LogP contribution in [0, 0.1) is 0 Å². The largest absolute Gasteiger partial charge is 0.372 e. The van der Waals surface area contributed by atoms with Gasteiger partial charge in [-0.05, 0) is 0 Å². The molecule has 0 aliphatic carbocycles. The van der Waals surface area contributed by atoms with Gasteiger partial charge >= 0.3 is 0 Å². The summed E-state index contributed by atoms with van der Waals surface area (Å²) in [6, 6.07) is 0. The second-order valence-electron chi connectivity index (χ2n) is 1.54. The van der Waals surface area contributed by atoms with Crippen molar-refractivity contribution in [2.75, 3.05) is 11.9 Å². The van der Waals surface area contributed by atoms with E-state index in [0.717, 1.165) is 11.9 Å². The van der Waals surface area contributed by atoms with Crippen molar-refractivity contribution in [3.05, 3.63) is 0 Å². The molecule has 0 saturated carbocycles. The lowest BCUT2D eigenvalue weighted by Gasteiger charge is -1.95. The zero-order valence-electron chi connectivity index (χ0n) is 3.73. The Morgan fingerprint density at radius 2 is 2.43 bits per heavy atom. The Kier molecular flexibility index (Phi) is 2.13. The van der Waals surface area contributed by atoms with Gasteiger partial charge in [0, 0.05) is 5.33 Å². The van der Waals surface area contributed by atoms with Gasteiger partial charge in [-0.25, -0.2) is 0 Å². The molecule has 1 fully saturated rings. The minimum absolute atomic E-state index is 0.486. The fraction of sp³-hybridized carbons (Fsp3) is 1.00. The van der Waals surface area contributed by atoms with E-state index in [0.29, 0.717) is 10.9 Å². The fourth-order valence-corrected chi connectivity index (χ4v) is 1.09. The Balaban J connectivity index is 2.10. The van der Waals surface area contributed by atoms with E-state index in [4.69, 9.17) is 4.74 Å². The van der Waals surface area contributed by atoms with Crippen LogP contribution in [0.4, 0.5) is 0 Å². The minimum Gasteiger partial charge on any atom is -0.372 e. The van der Waals surface area contributed by atoms with Crippen molar-refractivity contribution in [2.24, 2.45) is 0 Å². The molecular weight excluding hydrogens is 224 g/mol. The molecule has 0 amide bonds. The molecule has 1 saturated heterocycles. The van der Waals surface area contributed by atoms with E-state index in [-0.39, 0.29) is 0 Å². The molecule has 0 N–H and O–H groups in total. The highest BCUT2D eigenvalue weighted by molar-refractivity contribution is 9.12. The quantitative estimate of drug-likeness (QED) is 0.517. The van der Waals surface area contributed by atoms with Crippen LogP contribution in [0.3, 0.4) is 0 Å². The van der Waals surface area contributed by atoms with Crippen molar-refractivity contribution in [1.29, 1.82) is 0 Å². The summed E-state index contributed by atoms with van der Waals surface area (Å²) in [6.07, 6.45) is 0.486. The van der Waals surface area contributed by atoms with E-state index in [1.54, 1.807) is 0 Å². The predicted octanol–water partition coefficient (Wildman–Crippen LogP) is 1.54. The zero-order valence-corrected chi connectivity index (χ0v) is 6.91. The van der Waals surface area contributed by atoms with E-state index in [1.165, 1.54) is 0 Å². The van der Waals surface area contributed by atoms with Crippen LogP contribution in [-0.2, 0) is 4.74 Å².